The number of rotatable bonds is 5. The Hall–Kier alpha value is -1.92. The van der Waals surface area contributed by atoms with Crippen molar-refractivity contribution >= 4 is 34.9 Å². The van der Waals surface area contributed by atoms with Gasteiger partial charge in [0, 0.05) is 13.7 Å². The van der Waals surface area contributed by atoms with Gasteiger partial charge in [-0.1, -0.05) is 17.7 Å². The summed E-state index contributed by atoms with van der Waals surface area (Å²) in [5.41, 5.74) is 0.526. The van der Waals surface area contributed by atoms with Crippen LogP contribution in [0.15, 0.2) is 18.2 Å². The van der Waals surface area contributed by atoms with Crippen LogP contribution in [0.2, 0.25) is 5.02 Å². The summed E-state index contributed by atoms with van der Waals surface area (Å²) in [7, 11) is 1.52. The lowest BCUT2D eigenvalue weighted by Crippen LogP contribution is -2.41. The third-order valence-electron chi connectivity index (χ3n) is 2.87. The number of para-hydroxylation sites is 1. The number of halogens is 1. The number of hydrogen-bond donors (Lipinski definition) is 1. The molecular weight excluding hydrogens is 284 g/mol. The first-order chi connectivity index (χ1) is 9.56. The number of benzene rings is 1. The van der Waals surface area contributed by atoms with Crippen LogP contribution in [0.4, 0.5) is 5.69 Å². The Balaban J connectivity index is 2.16. The number of ether oxygens (including phenoxy) is 1. The molecule has 1 aliphatic heterocycles. The Labute approximate surface area is 120 Å². The third-order valence-corrected chi connectivity index (χ3v) is 3.18. The Morgan fingerprint density at radius 2 is 2.15 bits per heavy atom. The van der Waals surface area contributed by atoms with Gasteiger partial charge in [-0.2, -0.15) is 0 Å². The molecule has 1 aromatic rings. The summed E-state index contributed by atoms with van der Waals surface area (Å²) in [5, 5.41) is 2.85. The van der Waals surface area contributed by atoms with Crippen molar-refractivity contribution in [2.75, 3.05) is 31.7 Å². The van der Waals surface area contributed by atoms with Crippen molar-refractivity contribution in [3.8, 4) is 0 Å². The Morgan fingerprint density at radius 1 is 1.40 bits per heavy atom. The van der Waals surface area contributed by atoms with Gasteiger partial charge in [0.05, 0.1) is 22.9 Å². The van der Waals surface area contributed by atoms with E-state index in [1.54, 1.807) is 12.1 Å². The van der Waals surface area contributed by atoms with Crippen molar-refractivity contribution in [3.63, 3.8) is 0 Å². The summed E-state index contributed by atoms with van der Waals surface area (Å²) in [4.78, 5) is 36.5. The van der Waals surface area contributed by atoms with Crippen LogP contribution >= 0.6 is 11.6 Å². The molecule has 0 unspecified atom stereocenters. The minimum absolute atomic E-state index is 0.229. The van der Waals surface area contributed by atoms with E-state index in [0.717, 1.165) is 4.90 Å². The van der Waals surface area contributed by atoms with Crippen molar-refractivity contribution in [2.24, 2.45) is 0 Å². The number of carbonyl (C=O) groups is 3. The molecule has 0 saturated heterocycles. The fourth-order valence-electron chi connectivity index (χ4n) is 1.96. The van der Waals surface area contributed by atoms with Crippen molar-refractivity contribution in [1.82, 2.24) is 5.32 Å². The number of nitrogens with zero attached hydrogens (tertiary/aromatic N) is 1. The average Bonchev–Trinajstić information content (AvgIpc) is 2.66. The molecule has 0 fully saturated rings. The van der Waals surface area contributed by atoms with Gasteiger partial charge in [0.25, 0.3) is 11.7 Å². The normalized spacial score (nSPS) is 13.6. The Morgan fingerprint density at radius 3 is 2.85 bits per heavy atom. The molecule has 0 aliphatic carbocycles. The molecule has 6 nitrogen and oxygen atoms in total. The van der Waals surface area contributed by atoms with Crippen LogP contribution in [0, 0.1) is 0 Å². The van der Waals surface area contributed by atoms with Gasteiger partial charge in [-0.05, 0) is 12.1 Å². The molecule has 0 spiro atoms. The molecule has 0 saturated carbocycles. The highest BCUT2D eigenvalue weighted by atomic mass is 35.5. The van der Waals surface area contributed by atoms with Gasteiger partial charge >= 0.3 is 0 Å². The Bertz CT molecular complexity index is 573. The number of fused-ring (bicyclic) bond motifs is 1. The maximum absolute atomic E-state index is 11.9. The first-order valence-electron chi connectivity index (χ1n) is 5.96. The van der Waals surface area contributed by atoms with E-state index >= 15 is 0 Å². The number of nitrogens with one attached hydrogen (secondary N) is 1. The maximum Gasteiger partial charge on any atom is 0.300 e. The summed E-state index contributed by atoms with van der Waals surface area (Å²) in [6.45, 7) is 0.460. The number of anilines is 1. The second kappa shape index (κ2) is 6.02. The predicted molar refractivity (Wildman–Crippen MR) is 73.0 cm³/mol. The number of amides is 2. The standard InChI is InChI=1S/C13H13ClN2O4/c1-20-6-5-15-10(17)7-16-11-8(12(18)13(16)19)3-2-4-9(11)14/h2-4H,5-7H2,1H3,(H,15,17). The van der Waals surface area contributed by atoms with Gasteiger partial charge < -0.3 is 10.1 Å². The van der Waals surface area contributed by atoms with Crippen LogP contribution in [0.25, 0.3) is 0 Å². The number of ketones is 1. The molecule has 1 aliphatic rings. The number of methoxy groups -OCH3 is 1. The highest BCUT2D eigenvalue weighted by Gasteiger charge is 2.38. The Kier molecular flexibility index (Phi) is 4.36. The predicted octanol–water partition coefficient (Wildman–Crippen LogP) is 0.632. The molecule has 20 heavy (non-hydrogen) atoms. The summed E-state index contributed by atoms with van der Waals surface area (Å²) in [5.74, 6) is -1.77. The van der Waals surface area contributed by atoms with Gasteiger partial charge in [0.15, 0.2) is 0 Å². The zero-order valence-corrected chi connectivity index (χ0v) is 11.6. The highest BCUT2D eigenvalue weighted by Crippen LogP contribution is 2.35. The van der Waals surface area contributed by atoms with Gasteiger partial charge in [0.2, 0.25) is 5.91 Å². The van der Waals surface area contributed by atoms with Crippen LogP contribution in [0.5, 0.6) is 0 Å². The molecule has 1 aromatic carbocycles. The first kappa shape index (κ1) is 14.5. The first-order valence-corrected chi connectivity index (χ1v) is 6.34. The second-order valence-electron chi connectivity index (χ2n) is 4.20. The van der Waals surface area contributed by atoms with Crippen LogP contribution in [0.3, 0.4) is 0 Å². The van der Waals surface area contributed by atoms with Crippen LogP contribution in [-0.4, -0.2) is 44.4 Å². The minimum Gasteiger partial charge on any atom is -0.383 e. The molecule has 0 atom stereocenters. The van der Waals surface area contributed by atoms with E-state index in [1.165, 1.54) is 13.2 Å². The summed E-state index contributed by atoms with van der Waals surface area (Å²) in [6.07, 6.45) is 0. The zero-order chi connectivity index (χ0) is 14.7. The highest BCUT2D eigenvalue weighted by molar-refractivity contribution is 6.54. The lowest BCUT2D eigenvalue weighted by atomic mass is 10.1. The second-order valence-corrected chi connectivity index (χ2v) is 4.61. The zero-order valence-electron chi connectivity index (χ0n) is 10.8. The van der Waals surface area contributed by atoms with Crippen molar-refractivity contribution < 1.29 is 19.1 Å². The SMILES string of the molecule is COCCNC(=O)CN1C(=O)C(=O)c2cccc(Cl)c21. The fourth-order valence-corrected chi connectivity index (χ4v) is 2.23. The van der Waals surface area contributed by atoms with Gasteiger partial charge in [-0.15, -0.1) is 0 Å². The largest absolute Gasteiger partial charge is 0.383 e. The summed E-state index contributed by atoms with van der Waals surface area (Å²) in [6, 6.07) is 4.68. The number of hydrogen-bond acceptors (Lipinski definition) is 4. The van der Waals surface area contributed by atoms with E-state index in [1.807, 2.05) is 0 Å². The average molecular weight is 297 g/mol. The lowest BCUT2D eigenvalue weighted by Gasteiger charge is -2.17. The molecule has 2 rings (SSSR count). The van der Waals surface area contributed by atoms with Crippen LogP contribution in [0.1, 0.15) is 10.4 Å². The van der Waals surface area contributed by atoms with Gasteiger partial charge in [0.1, 0.15) is 6.54 Å². The van der Waals surface area contributed by atoms with E-state index in [2.05, 4.69) is 5.32 Å². The molecule has 1 heterocycles. The molecule has 2 amide bonds. The number of carbonyl (C=O) groups excluding carboxylic acids is 3. The fraction of sp³-hybridized carbons (Fsp3) is 0.308. The van der Waals surface area contributed by atoms with E-state index < -0.39 is 11.7 Å². The molecule has 7 heteroatoms. The third kappa shape index (κ3) is 2.66. The van der Waals surface area contributed by atoms with Gasteiger partial charge in [-0.3, -0.25) is 19.3 Å². The van der Waals surface area contributed by atoms with Gasteiger partial charge in [-0.25, -0.2) is 0 Å². The molecule has 0 radical (unpaired) electrons. The van der Waals surface area contributed by atoms with Crippen LogP contribution in [-0.2, 0) is 14.3 Å². The topological polar surface area (TPSA) is 75.7 Å². The quantitative estimate of drug-likeness (QED) is 0.639. The minimum atomic E-state index is -0.741. The molecular formula is C13H13ClN2O4. The molecule has 0 bridgehead atoms. The molecule has 106 valence electrons. The van der Waals surface area contributed by atoms with Crippen LogP contribution < -0.4 is 10.2 Å². The van der Waals surface area contributed by atoms with Crippen molar-refractivity contribution in [1.29, 1.82) is 0 Å². The smallest absolute Gasteiger partial charge is 0.300 e. The van der Waals surface area contributed by atoms with E-state index in [-0.39, 0.29) is 23.0 Å². The maximum atomic E-state index is 11.9. The summed E-state index contributed by atoms with van der Waals surface area (Å²) < 4.78 is 4.81. The number of Topliss-reactive ketones (excluding diaryl/α,β-unsaturated/α-hetero) is 1. The van der Waals surface area contributed by atoms with E-state index in [4.69, 9.17) is 16.3 Å². The monoisotopic (exact) mass is 296 g/mol. The van der Waals surface area contributed by atoms with Crippen molar-refractivity contribution in [2.45, 2.75) is 0 Å². The van der Waals surface area contributed by atoms with E-state index in [0.29, 0.717) is 18.8 Å². The lowest BCUT2D eigenvalue weighted by molar-refractivity contribution is -0.122. The summed E-state index contributed by atoms with van der Waals surface area (Å²) >= 11 is 6.01. The molecule has 0 aromatic heterocycles. The van der Waals surface area contributed by atoms with E-state index in [9.17, 15) is 14.4 Å². The van der Waals surface area contributed by atoms with Crippen molar-refractivity contribution in [3.05, 3.63) is 28.8 Å². The molecule has 1 N–H and O–H groups in total.